The third-order valence-electron chi connectivity index (χ3n) is 5.56. The molecule has 11 heteroatoms. The van der Waals surface area contributed by atoms with Crippen LogP contribution in [0.15, 0.2) is 59.6 Å². The maximum absolute atomic E-state index is 13.8. The number of pyridine rings is 2. The summed E-state index contributed by atoms with van der Waals surface area (Å²) in [4.78, 5) is 22.0. The number of carboxylic acids is 1. The average molecular weight is 519 g/mol. The van der Waals surface area contributed by atoms with Gasteiger partial charge in [-0.05, 0) is 42.7 Å². The molecule has 2 N–H and O–H groups in total. The van der Waals surface area contributed by atoms with E-state index in [-0.39, 0.29) is 24.5 Å². The second kappa shape index (κ2) is 11.6. The summed E-state index contributed by atoms with van der Waals surface area (Å²) >= 11 is 1.14. The molecule has 0 unspecified atom stereocenters. The van der Waals surface area contributed by atoms with Crippen molar-refractivity contribution in [3.63, 3.8) is 0 Å². The summed E-state index contributed by atoms with van der Waals surface area (Å²) in [5.74, 6) is 0.0957. The number of rotatable bonds is 4. The van der Waals surface area contributed by atoms with Gasteiger partial charge in [0.05, 0.1) is 17.9 Å². The van der Waals surface area contributed by atoms with E-state index in [4.69, 9.17) is 9.84 Å². The minimum Gasteiger partial charge on any atom is -0.481 e. The molecule has 36 heavy (non-hydrogen) atoms. The number of fused-ring (bicyclic) bond motifs is 6. The topological polar surface area (TPSA) is 87.6 Å². The summed E-state index contributed by atoms with van der Waals surface area (Å²) in [5.41, 5.74) is -0.00645. The second-order valence-corrected chi connectivity index (χ2v) is 9.00. The number of aliphatic carboxylic acids is 1. The van der Waals surface area contributed by atoms with Gasteiger partial charge in [0.25, 0.3) is 0 Å². The Hall–Kier alpha value is -3.31. The molecule has 7 nitrogen and oxygen atoms in total. The van der Waals surface area contributed by atoms with E-state index in [1.54, 1.807) is 30.3 Å². The summed E-state index contributed by atoms with van der Waals surface area (Å²) in [6.07, 6.45) is -3.41. The first-order chi connectivity index (χ1) is 17.3. The SMILES string of the molecule is O=C(O)CCCN1CCCOCc2ccccc2-c2nc(ccc2C(F)(F)F)NSc2cccc1n2. The largest absolute Gasteiger partial charge is 0.481 e. The number of hydrogen-bond acceptors (Lipinski definition) is 7. The smallest absolute Gasteiger partial charge is 0.418 e. The van der Waals surface area contributed by atoms with Crippen LogP contribution in [0.1, 0.15) is 30.4 Å². The third-order valence-corrected chi connectivity index (χ3v) is 6.31. The van der Waals surface area contributed by atoms with Gasteiger partial charge in [0, 0.05) is 43.6 Å². The van der Waals surface area contributed by atoms with Crippen molar-refractivity contribution in [2.24, 2.45) is 0 Å². The summed E-state index contributed by atoms with van der Waals surface area (Å²) in [7, 11) is 0. The summed E-state index contributed by atoms with van der Waals surface area (Å²) in [6.45, 7) is 1.62. The van der Waals surface area contributed by atoms with Crippen LogP contribution in [0.25, 0.3) is 11.3 Å². The number of hydrogen-bond donors (Lipinski definition) is 2. The van der Waals surface area contributed by atoms with Gasteiger partial charge in [-0.3, -0.25) is 4.79 Å². The highest BCUT2D eigenvalue weighted by atomic mass is 32.2. The minimum absolute atomic E-state index is 0.0572. The van der Waals surface area contributed by atoms with Gasteiger partial charge < -0.3 is 19.5 Å². The Morgan fingerprint density at radius 3 is 2.75 bits per heavy atom. The van der Waals surface area contributed by atoms with Crippen LogP contribution in [0.3, 0.4) is 0 Å². The van der Waals surface area contributed by atoms with E-state index in [9.17, 15) is 18.0 Å². The Kier molecular flexibility index (Phi) is 8.32. The van der Waals surface area contributed by atoms with Crippen molar-refractivity contribution in [2.75, 3.05) is 29.3 Å². The first-order valence-corrected chi connectivity index (χ1v) is 12.2. The Labute approximate surface area is 210 Å². The highest BCUT2D eigenvalue weighted by Gasteiger charge is 2.35. The third kappa shape index (κ3) is 6.67. The second-order valence-electron chi connectivity index (χ2n) is 8.18. The standard InChI is InChI=1S/C25H25F3N4O3S/c26-25(27,28)19-11-12-20-29-24(19)18-7-2-1-6-17(18)16-35-15-5-14-32(13-4-10-23(33)34)21-8-3-9-22(30-21)36-31-20/h1-3,6-9,11-12H,4-5,10,13-16H2,(H,29,31)(H,33,34). The number of nitrogens with zero attached hydrogens (tertiary/aromatic N) is 3. The van der Waals surface area contributed by atoms with E-state index in [0.29, 0.717) is 54.5 Å². The predicted molar refractivity (Wildman–Crippen MR) is 132 cm³/mol. The number of nitrogens with one attached hydrogen (secondary N) is 1. The first kappa shape index (κ1) is 25.8. The molecule has 1 aromatic carbocycles. The van der Waals surface area contributed by atoms with E-state index >= 15 is 0 Å². The highest BCUT2D eigenvalue weighted by Crippen LogP contribution is 2.38. The molecule has 0 fully saturated rings. The van der Waals surface area contributed by atoms with Crippen LogP contribution in [0.4, 0.5) is 24.8 Å². The summed E-state index contributed by atoms with van der Waals surface area (Å²) < 4.78 is 50.3. The van der Waals surface area contributed by atoms with Gasteiger partial charge in [0.1, 0.15) is 16.7 Å². The maximum Gasteiger partial charge on any atom is 0.418 e. The summed E-state index contributed by atoms with van der Waals surface area (Å²) in [5, 5.41) is 9.60. The number of anilines is 2. The van der Waals surface area contributed by atoms with Gasteiger partial charge in [-0.15, -0.1) is 0 Å². The lowest BCUT2D eigenvalue weighted by Crippen LogP contribution is -2.28. The average Bonchev–Trinajstić information content (AvgIpc) is 2.85. The fraction of sp³-hybridized carbons (Fsp3) is 0.320. The van der Waals surface area contributed by atoms with Crippen LogP contribution in [-0.4, -0.2) is 40.7 Å². The Balaban J connectivity index is 1.68. The van der Waals surface area contributed by atoms with Crippen molar-refractivity contribution in [1.29, 1.82) is 0 Å². The monoisotopic (exact) mass is 518 g/mol. The molecular weight excluding hydrogens is 493 g/mol. The molecule has 0 radical (unpaired) electrons. The Morgan fingerprint density at radius 1 is 1.11 bits per heavy atom. The van der Waals surface area contributed by atoms with Gasteiger partial charge in [0.2, 0.25) is 0 Å². The molecule has 0 saturated heterocycles. The molecule has 4 bridgehead atoms. The van der Waals surface area contributed by atoms with Crippen molar-refractivity contribution in [2.45, 2.75) is 37.1 Å². The molecule has 4 rings (SSSR count). The zero-order chi connectivity index (χ0) is 25.5. The van der Waals surface area contributed by atoms with Gasteiger partial charge in [-0.2, -0.15) is 13.2 Å². The van der Waals surface area contributed by atoms with Crippen LogP contribution in [0.5, 0.6) is 0 Å². The van der Waals surface area contributed by atoms with Crippen LogP contribution in [-0.2, 0) is 22.3 Å². The molecule has 0 spiro atoms. The Bertz CT molecular complexity index is 1210. The van der Waals surface area contributed by atoms with Crippen molar-refractivity contribution < 1.29 is 27.8 Å². The quantitative estimate of drug-likeness (QED) is 0.415. The molecule has 0 aliphatic carbocycles. The molecular formula is C25H25F3N4O3S. The zero-order valence-electron chi connectivity index (χ0n) is 19.3. The lowest BCUT2D eigenvalue weighted by atomic mass is 10.00. The Morgan fingerprint density at radius 2 is 1.94 bits per heavy atom. The van der Waals surface area contributed by atoms with Gasteiger partial charge in [0.15, 0.2) is 0 Å². The first-order valence-electron chi connectivity index (χ1n) is 11.4. The molecule has 0 saturated carbocycles. The van der Waals surface area contributed by atoms with Gasteiger partial charge >= 0.3 is 12.1 Å². The molecule has 3 aromatic rings. The van der Waals surface area contributed by atoms with Crippen LogP contribution in [0, 0.1) is 0 Å². The highest BCUT2D eigenvalue weighted by molar-refractivity contribution is 8.00. The molecule has 3 heterocycles. The zero-order valence-corrected chi connectivity index (χ0v) is 20.1. The van der Waals surface area contributed by atoms with E-state index in [1.807, 2.05) is 17.0 Å². The minimum atomic E-state index is -4.57. The van der Waals surface area contributed by atoms with Crippen LogP contribution < -0.4 is 9.62 Å². The number of aromatic nitrogens is 2. The van der Waals surface area contributed by atoms with E-state index in [2.05, 4.69) is 14.7 Å². The van der Waals surface area contributed by atoms with Crippen LogP contribution in [0.2, 0.25) is 0 Å². The summed E-state index contributed by atoms with van der Waals surface area (Å²) in [6, 6.07) is 14.6. The molecule has 0 atom stereocenters. The number of alkyl halides is 3. The lowest BCUT2D eigenvalue weighted by Gasteiger charge is -2.24. The van der Waals surface area contributed by atoms with E-state index < -0.39 is 17.7 Å². The number of carbonyl (C=O) groups is 1. The van der Waals surface area contributed by atoms with Crippen molar-refractivity contribution in [3.05, 3.63) is 65.7 Å². The van der Waals surface area contributed by atoms with Gasteiger partial charge in [-0.1, -0.05) is 30.3 Å². The maximum atomic E-state index is 13.8. The predicted octanol–water partition coefficient (Wildman–Crippen LogP) is 5.87. The molecule has 1 aliphatic heterocycles. The molecule has 0 amide bonds. The lowest BCUT2D eigenvalue weighted by molar-refractivity contribution is -0.138. The van der Waals surface area contributed by atoms with Crippen molar-refractivity contribution >= 4 is 29.6 Å². The van der Waals surface area contributed by atoms with Crippen LogP contribution >= 0.6 is 11.9 Å². The normalized spacial score (nSPS) is 14.6. The van der Waals surface area contributed by atoms with Gasteiger partial charge in [-0.25, -0.2) is 9.97 Å². The number of carboxylic acid groups (broad SMARTS) is 1. The molecule has 2 aromatic heterocycles. The van der Waals surface area contributed by atoms with E-state index in [1.165, 1.54) is 6.07 Å². The number of benzene rings is 1. The molecule has 1 aliphatic rings. The number of ether oxygens (including phenoxy) is 1. The van der Waals surface area contributed by atoms with Crippen molar-refractivity contribution in [3.8, 4) is 11.3 Å². The van der Waals surface area contributed by atoms with Crippen molar-refractivity contribution in [1.82, 2.24) is 9.97 Å². The molecule has 190 valence electrons. The fourth-order valence-corrected chi connectivity index (χ4v) is 4.48. The number of halogens is 3. The fourth-order valence-electron chi connectivity index (χ4n) is 3.87. The van der Waals surface area contributed by atoms with E-state index in [0.717, 1.165) is 18.0 Å².